The number of carboxylic acid groups (broad SMARTS) is 1. The number of benzene rings is 2. The minimum atomic E-state index is -3.76. The van der Waals surface area contributed by atoms with Crippen LogP contribution in [-0.2, 0) is 21.2 Å². The summed E-state index contributed by atoms with van der Waals surface area (Å²) in [5, 5.41) is 9.90. The highest BCUT2D eigenvalue weighted by molar-refractivity contribution is 7.90. The van der Waals surface area contributed by atoms with Gasteiger partial charge in [0, 0.05) is 55.4 Å². The van der Waals surface area contributed by atoms with Crippen LogP contribution in [0.1, 0.15) is 11.3 Å². The highest BCUT2D eigenvalue weighted by Crippen LogP contribution is 2.21. The Morgan fingerprint density at radius 1 is 1.12 bits per heavy atom. The van der Waals surface area contributed by atoms with Crippen molar-refractivity contribution in [3.8, 4) is 0 Å². The summed E-state index contributed by atoms with van der Waals surface area (Å²) in [5.41, 5.74) is 3.67. The number of fused-ring (bicyclic) bond motifs is 1. The fraction of sp³-hybridized carbons (Fsp3) is 0.125. The molecule has 0 fully saturated rings. The molecule has 7 nitrogen and oxygen atoms in total. The van der Waals surface area contributed by atoms with Gasteiger partial charge in [-0.25, -0.2) is 17.2 Å². The van der Waals surface area contributed by atoms with Crippen molar-refractivity contribution >= 4 is 38.7 Å². The fourth-order valence-corrected chi connectivity index (χ4v) is 4.69. The number of aromatic nitrogens is 2. The van der Waals surface area contributed by atoms with E-state index in [1.807, 2.05) is 19.2 Å². The van der Waals surface area contributed by atoms with Crippen LogP contribution in [0.3, 0.4) is 0 Å². The summed E-state index contributed by atoms with van der Waals surface area (Å²) in [6.45, 7) is 0.774. The largest absolute Gasteiger partial charge is 0.478 e. The number of carbonyl (C=O) groups is 1. The number of nitrogens with one attached hydrogen (secondary N) is 1. The Morgan fingerprint density at radius 3 is 2.59 bits per heavy atom. The summed E-state index contributed by atoms with van der Waals surface area (Å²) in [4.78, 5) is 16.3. The van der Waals surface area contributed by atoms with Gasteiger partial charge >= 0.3 is 5.97 Å². The van der Waals surface area contributed by atoms with Crippen LogP contribution < -0.4 is 4.90 Å². The number of hydrogen-bond donors (Lipinski definition) is 2. The number of likely N-dealkylation sites (N-methyl/N-ethyl adjacent to an activating group) is 1. The number of rotatable bonds is 8. The lowest BCUT2D eigenvalue weighted by Gasteiger charge is -2.19. The van der Waals surface area contributed by atoms with Crippen molar-refractivity contribution < 1.29 is 18.3 Å². The molecule has 164 valence electrons. The average Bonchev–Trinajstić information content (AvgIpc) is 3.43. The second-order valence-corrected chi connectivity index (χ2v) is 9.34. The van der Waals surface area contributed by atoms with E-state index < -0.39 is 16.0 Å². The van der Waals surface area contributed by atoms with Gasteiger partial charge in [-0.05, 0) is 59.5 Å². The zero-order chi connectivity index (χ0) is 22.7. The van der Waals surface area contributed by atoms with Gasteiger partial charge in [-0.2, -0.15) is 0 Å². The molecule has 2 aromatic heterocycles. The number of para-hydroxylation sites is 1. The van der Waals surface area contributed by atoms with Crippen molar-refractivity contribution in [1.29, 1.82) is 0 Å². The van der Waals surface area contributed by atoms with Crippen molar-refractivity contribution in [1.82, 2.24) is 8.96 Å². The molecular weight excluding hydrogens is 426 g/mol. The van der Waals surface area contributed by atoms with Gasteiger partial charge in [0.15, 0.2) is 0 Å². The van der Waals surface area contributed by atoms with E-state index in [2.05, 4.69) is 28.1 Å². The molecule has 0 saturated heterocycles. The second kappa shape index (κ2) is 8.76. The third kappa shape index (κ3) is 4.60. The quantitative estimate of drug-likeness (QED) is 0.397. The topological polar surface area (TPSA) is 95.4 Å². The van der Waals surface area contributed by atoms with Crippen molar-refractivity contribution in [2.24, 2.45) is 0 Å². The van der Waals surface area contributed by atoms with Crippen LogP contribution in [0.15, 0.2) is 84.0 Å². The number of aromatic amines is 1. The molecular formula is C24H23N3O4S. The van der Waals surface area contributed by atoms with Gasteiger partial charge in [0.2, 0.25) is 0 Å². The van der Waals surface area contributed by atoms with Crippen LogP contribution in [0.25, 0.3) is 17.0 Å². The van der Waals surface area contributed by atoms with Gasteiger partial charge in [-0.15, -0.1) is 0 Å². The number of carboxylic acids is 1. The standard InChI is InChI=1S/C24H23N3O4S/c1-26(14-13-20-16-19-4-2-3-5-23(19)25-20)21-7-9-22(10-8-21)32(30,31)27-15-12-18(17-27)6-11-24(28)29/h2-12,15-17,25H,13-14H2,1H3,(H,28,29)/b11-6+. The number of hydrogen-bond acceptors (Lipinski definition) is 4. The maximum absolute atomic E-state index is 12.9. The molecule has 4 rings (SSSR count). The minimum absolute atomic E-state index is 0.162. The van der Waals surface area contributed by atoms with E-state index >= 15 is 0 Å². The Hall–Kier alpha value is -3.78. The van der Waals surface area contributed by atoms with Crippen LogP contribution in [0.5, 0.6) is 0 Å². The molecule has 2 N–H and O–H groups in total. The zero-order valence-corrected chi connectivity index (χ0v) is 18.3. The highest BCUT2D eigenvalue weighted by atomic mass is 32.2. The molecule has 0 bridgehead atoms. The first-order chi connectivity index (χ1) is 15.3. The summed E-state index contributed by atoms with van der Waals surface area (Å²) in [6, 6.07) is 18.6. The van der Waals surface area contributed by atoms with Gasteiger partial charge in [0.25, 0.3) is 10.0 Å². The van der Waals surface area contributed by atoms with Crippen molar-refractivity contribution in [3.05, 3.63) is 90.4 Å². The van der Waals surface area contributed by atoms with E-state index in [0.29, 0.717) is 5.56 Å². The Labute approximate surface area is 186 Å². The first-order valence-electron chi connectivity index (χ1n) is 10.1. The predicted octanol–water partition coefficient (Wildman–Crippen LogP) is 3.98. The lowest BCUT2D eigenvalue weighted by molar-refractivity contribution is -0.131. The maximum atomic E-state index is 12.9. The summed E-state index contributed by atoms with van der Waals surface area (Å²) in [6.07, 6.45) is 5.93. The molecule has 0 aliphatic rings. The van der Waals surface area contributed by atoms with E-state index in [9.17, 15) is 13.2 Å². The molecule has 32 heavy (non-hydrogen) atoms. The number of H-pyrrole nitrogens is 1. The van der Waals surface area contributed by atoms with Crippen molar-refractivity contribution in [3.63, 3.8) is 0 Å². The predicted molar refractivity (Wildman–Crippen MR) is 125 cm³/mol. The number of anilines is 1. The van der Waals surface area contributed by atoms with E-state index in [0.717, 1.165) is 39.9 Å². The Bertz CT molecular complexity index is 1350. The lowest BCUT2D eigenvalue weighted by Crippen LogP contribution is -2.20. The highest BCUT2D eigenvalue weighted by Gasteiger charge is 2.17. The van der Waals surface area contributed by atoms with Crippen molar-refractivity contribution in [2.75, 3.05) is 18.5 Å². The van der Waals surface area contributed by atoms with Crippen molar-refractivity contribution in [2.45, 2.75) is 11.3 Å². The van der Waals surface area contributed by atoms with Gasteiger partial charge in [-0.1, -0.05) is 18.2 Å². The molecule has 2 aromatic carbocycles. The summed E-state index contributed by atoms with van der Waals surface area (Å²) in [7, 11) is -1.79. The Morgan fingerprint density at radius 2 is 1.88 bits per heavy atom. The summed E-state index contributed by atoms with van der Waals surface area (Å²) >= 11 is 0. The third-order valence-corrected chi connectivity index (χ3v) is 6.91. The monoisotopic (exact) mass is 449 g/mol. The smallest absolute Gasteiger partial charge is 0.328 e. The molecule has 2 heterocycles. The molecule has 0 radical (unpaired) electrons. The van der Waals surface area contributed by atoms with Crippen LogP contribution in [0, 0.1) is 0 Å². The van der Waals surface area contributed by atoms with E-state index in [-0.39, 0.29) is 4.90 Å². The Kier molecular flexibility index (Phi) is 5.87. The maximum Gasteiger partial charge on any atom is 0.328 e. The van der Waals surface area contributed by atoms with Crippen LogP contribution in [0.4, 0.5) is 5.69 Å². The van der Waals surface area contributed by atoms with Gasteiger partial charge in [-0.3, -0.25) is 0 Å². The number of aliphatic carboxylic acids is 1. The summed E-state index contributed by atoms with van der Waals surface area (Å²) < 4.78 is 26.8. The van der Waals surface area contributed by atoms with Crippen LogP contribution in [0.2, 0.25) is 0 Å². The fourth-order valence-electron chi connectivity index (χ4n) is 3.49. The molecule has 4 aromatic rings. The molecule has 0 amide bonds. The normalized spacial score (nSPS) is 11.9. The Balaban J connectivity index is 1.44. The average molecular weight is 450 g/mol. The first kappa shape index (κ1) is 21.5. The zero-order valence-electron chi connectivity index (χ0n) is 17.5. The molecule has 8 heteroatoms. The molecule has 0 aliphatic carbocycles. The van der Waals surface area contributed by atoms with Gasteiger partial charge < -0.3 is 15.0 Å². The van der Waals surface area contributed by atoms with Crippen LogP contribution in [-0.4, -0.2) is 42.0 Å². The molecule has 0 spiro atoms. The van der Waals surface area contributed by atoms with Gasteiger partial charge in [0.05, 0.1) is 4.90 Å². The van der Waals surface area contributed by atoms with E-state index in [1.54, 1.807) is 30.3 Å². The minimum Gasteiger partial charge on any atom is -0.478 e. The first-order valence-corrected chi connectivity index (χ1v) is 11.5. The molecule has 0 atom stereocenters. The summed E-state index contributed by atoms with van der Waals surface area (Å²) in [5.74, 6) is -1.09. The molecule has 0 saturated carbocycles. The van der Waals surface area contributed by atoms with E-state index in [4.69, 9.17) is 5.11 Å². The SMILES string of the molecule is CN(CCc1cc2ccccc2[nH]1)c1ccc(S(=O)(=O)n2ccc(/C=C/C(=O)O)c2)cc1. The third-order valence-electron chi connectivity index (χ3n) is 5.26. The van der Waals surface area contributed by atoms with Gasteiger partial charge in [0.1, 0.15) is 0 Å². The van der Waals surface area contributed by atoms with Crippen LogP contribution >= 0.6 is 0 Å². The second-order valence-electron chi connectivity index (χ2n) is 7.50. The molecule has 0 aliphatic heterocycles. The lowest BCUT2D eigenvalue weighted by atomic mass is 10.2. The number of nitrogens with zero attached hydrogens (tertiary/aromatic N) is 2. The van der Waals surface area contributed by atoms with E-state index in [1.165, 1.54) is 23.9 Å². The molecule has 0 unspecified atom stereocenters.